The van der Waals surface area contributed by atoms with Gasteiger partial charge in [0, 0.05) is 0 Å². The Kier molecular flexibility index (Phi) is 2.59. The topological polar surface area (TPSA) is 80.7 Å². The Balaban J connectivity index is 2.05. The SMILES string of the molecule is O=C(O)c1cccc(OC2CS(=O)(=O)C2)c1. The van der Waals surface area contributed by atoms with Crippen molar-refractivity contribution in [3.8, 4) is 5.75 Å². The quantitative estimate of drug-likeness (QED) is 0.837. The molecule has 1 saturated heterocycles. The molecule has 0 unspecified atom stereocenters. The molecule has 5 nitrogen and oxygen atoms in total. The highest BCUT2D eigenvalue weighted by Crippen LogP contribution is 2.20. The van der Waals surface area contributed by atoms with Crippen LogP contribution in [0.2, 0.25) is 0 Å². The fourth-order valence-electron chi connectivity index (χ4n) is 1.48. The van der Waals surface area contributed by atoms with E-state index in [-0.39, 0.29) is 23.2 Å². The van der Waals surface area contributed by atoms with Gasteiger partial charge >= 0.3 is 5.97 Å². The Labute approximate surface area is 92.6 Å². The molecular weight excluding hydrogens is 232 g/mol. The van der Waals surface area contributed by atoms with Gasteiger partial charge < -0.3 is 9.84 Å². The predicted octanol–water partition coefficient (Wildman–Crippen LogP) is 0.561. The van der Waals surface area contributed by atoms with Gasteiger partial charge in [0.15, 0.2) is 9.84 Å². The summed E-state index contributed by atoms with van der Waals surface area (Å²) in [4.78, 5) is 10.7. The summed E-state index contributed by atoms with van der Waals surface area (Å²) in [5.41, 5.74) is 0.125. The van der Waals surface area contributed by atoms with Crippen molar-refractivity contribution in [3.63, 3.8) is 0 Å². The normalized spacial score (nSPS) is 18.8. The lowest BCUT2D eigenvalue weighted by Gasteiger charge is -2.26. The zero-order valence-electron chi connectivity index (χ0n) is 8.29. The summed E-state index contributed by atoms with van der Waals surface area (Å²) in [6, 6.07) is 6.00. The predicted molar refractivity (Wildman–Crippen MR) is 56.5 cm³/mol. The van der Waals surface area contributed by atoms with Crippen LogP contribution in [0.5, 0.6) is 5.75 Å². The molecule has 0 aliphatic carbocycles. The molecule has 1 aromatic carbocycles. The molecule has 0 radical (unpaired) electrons. The Morgan fingerprint density at radius 3 is 2.62 bits per heavy atom. The molecule has 0 spiro atoms. The standard InChI is InChI=1S/C10H10O5S/c11-10(12)7-2-1-3-8(4-7)15-9-5-16(13,14)6-9/h1-4,9H,5-6H2,(H,11,12). The second-order valence-electron chi connectivity index (χ2n) is 3.65. The molecule has 0 atom stereocenters. The molecule has 1 aromatic rings. The van der Waals surface area contributed by atoms with Crippen LogP contribution in [0.4, 0.5) is 0 Å². The molecule has 0 bridgehead atoms. The first-order valence-corrected chi connectivity index (χ1v) is 6.49. The lowest BCUT2D eigenvalue weighted by Crippen LogP contribution is -2.45. The van der Waals surface area contributed by atoms with Crippen LogP contribution < -0.4 is 4.74 Å². The van der Waals surface area contributed by atoms with E-state index in [9.17, 15) is 13.2 Å². The summed E-state index contributed by atoms with van der Waals surface area (Å²) in [7, 11) is -2.92. The maximum atomic E-state index is 10.9. The number of carbonyl (C=O) groups is 1. The van der Waals surface area contributed by atoms with Gasteiger partial charge in [-0.25, -0.2) is 13.2 Å². The molecule has 1 fully saturated rings. The van der Waals surface area contributed by atoms with Crippen LogP contribution in [0.15, 0.2) is 24.3 Å². The molecule has 86 valence electrons. The zero-order valence-corrected chi connectivity index (χ0v) is 9.11. The average molecular weight is 242 g/mol. The Hall–Kier alpha value is -1.56. The second kappa shape index (κ2) is 3.79. The van der Waals surface area contributed by atoms with E-state index in [0.29, 0.717) is 5.75 Å². The van der Waals surface area contributed by atoms with Crippen LogP contribution in [0, 0.1) is 0 Å². The first-order valence-electron chi connectivity index (χ1n) is 4.67. The summed E-state index contributed by atoms with van der Waals surface area (Å²) in [6.45, 7) is 0. The smallest absolute Gasteiger partial charge is 0.335 e. The minimum Gasteiger partial charge on any atom is -0.488 e. The monoisotopic (exact) mass is 242 g/mol. The number of ether oxygens (including phenoxy) is 1. The van der Waals surface area contributed by atoms with Crippen LogP contribution >= 0.6 is 0 Å². The highest BCUT2D eigenvalue weighted by Gasteiger charge is 2.35. The number of aromatic carboxylic acids is 1. The van der Waals surface area contributed by atoms with Crippen molar-refractivity contribution in [1.29, 1.82) is 0 Å². The minimum absolute atomic E-state index is 0.00426. The number of hydrogen-bond acceptors (Lipinski definition) is 4. The molecule has 1 aliphatic heterocycles. The first kappa shape index (κ1) is 10.9. The van der Waals surface area contributed by atoms with E-state index in [1.165, 1.54) is 12.1 Å². The molecule has 16 heavy (non-hydrogen) atoms. The van der Waals surface area contributed by atoms with Crippen molar-refractivity contribution in [1.82, 2.24) is 0 Å². The number of sulfone groups is 1. The first-order chi connectivity index (χ1) is 7.46. The molecule has 6 heteroatoms. The molecular formula is C10H10O5S. The number of hydrogen-bond donors (Lipinski definition) is 1. The van der Waals surface area contributed by atoms with Crippen molar-refractivity contribution in [2.75, 3.05) is 11.5 Å². The zero-order chi connectivity index (χ0) is 11.8. The lowest BCUT2D eigenvalue weighted by molar-refractivity contribution is 0.0696. The van der Waals surface area contributed by atoms with Crippen LogP contribution in [0.1, 0.15) is 10.4 Å². The molecule has 1 N–H and O–H groups in total. The van der Waals surface area contributed by atoms with Crippen LogP contribution in [-0.2, 0) is 9.84 Å². The summed E-state index contributed by atoms with van der Waals surface area (Å²) in [5, 5.41) is 8.75. The van der Waals surface area contributed by atoms with Gasteiger partial charge in [0.25, 0.3) is 0 Å². The highest BCUT2D eigenvalue weighted by molar-refractivity contribution is 7.92. The van der Waals surface area contributed by atoms with Gasteiger partial charge in [0.05, 0.1) is 17.1 Å². The fraction of sp³-hybridized carbons (Fsp3) is 0.300. The van der Waals surface area contributed by atoms with Gasteiger partial charge in [0.2, 0.25) is 0 Å². The molecule has 0 aromatic heterocycles. The van der Waals surface area contributed by atoms with E-state index >= 15 is 0 Å². The average Bonchev–Trinajstić information content (AvgIpc) is 2.15. The van der Waals surface area contributed by atoms with Crippen molar-refractivity contribution in [3.05, 3.63) is 29.8 Å². The lowest BCUT2D eigenvalue weighted by atomic mass is 10.2. The van der Waals surface area contributed by atoms with Crippen molar-refractivity contribution in [2.45, 2.75) is 6.10 Å². The third-order valence-electron chi connectivity index (χ3n) is 2.26. The van der Waals surface area contributed by atoms with Gasteiger partial charge in [-0.05, 0) is 18.2 Å². The molecule has 1 heterocycles. The molecule has 0 saturated carbocycles. The molecule has 2 rings (SSSR count). The third kappa shape index (κ3) is 2.33. The van der Waals surface area contributed by atoms with Gasteiger partial charge in [-0.2, -0.15) is 0 Å². The van der Waals surface area contributed by atoms with Gasteiger partial charge in [-0.3, -0.25) is 0 Å². The Morgan fingerprint density at radius 1 is 1.38 bits per heavy atom. The second-order valence-corrected chi connectivity index (χ2v) is 5.80. The van der Waals surface area contributed by atoms with E-state index < -0.39 is 15.8 Å². The van der Waals surface area contributed by atoms with Gasteiger partial charge in [-0.15, -0.1) is 0 Å². The number of carboxylic acids is 1. The Bertz CT molecular complexity index is 508. The van der Waals surface area contributed by atoms with Gasteiger partial charge in [-0.1, -0.05) is 6.07 Å². The largest absolute Gasteiger partial charge is 0.488 e. The summed E-state index contributed by atoms with van der Waals surface area (Å²) >= 11 is 0. The minimum atomic E-state index is -2.92. The summed E-state index contributed by atoms with van der Waals surface area (Å²) in [5.74, 6) is -0.638. The summed E-state index contributed by atoms with van der Waals surface area (Å²) in [6.07, 6.45) is -0.353. The Morgan fingerprint density at radius 2 is 2.06 bits per heavy atom. The van der Waals surface area contributed by atoms with Crippen molar-refractivity contribution in [2.24, 2.45) is 0 Å². The van der Waals surface area contributed by atoms with Crippen molar-refractivity contribution < 1.29 is 23.1 Å². The van der Waals surface area contributed by atoms with Gasteiger partial charge in [0.1, 0.15) is 11.9 Å². The number of carboxylic acid groups (broad SMARTS) is 1. The maximum absolute atomic E-state index is 10.9. The van der Waals surface area contributed by atoms with E-state index in [1.54, 1.807) is 12.1 Å². The maximum Gasteiger partial charge on any atom is 0.335 e. The van der Waals surface area contributed by atoms with E-state index in [1.807, 2.05) is 0 Å². The van der Waals surface area contributed by atoms with E-state index in [0.717, 1.165) is 0 Å². The third-order valence-corrected chi connectivity index (χ3v) is 4.02. The number of benzene rings is 1. The van der Waals surface area contributed by atoms with Crippen LogP contribution in [0.25, 0.3) is 0 Å². The molecule has 0 amide bonds. The number of rotatable bonds is 3. The van der Waals surface area contributed by atoms with E-state index in [2.05, 4.69) is 0 Å². The summed E-state index contributed by atoms with van der Waals surface area (Å²) < 4.78 is 27.1. The highest BCUT2D eigenvalue weighted by atomic mass is 32.2. The van der Waals surface area contributed by atoms with Crippen LogP contribution in [0.3, 0.4) is 0 Å². The fourth-order valence-corrected chi connectivity index (χ4v) is 2.65. The van der Waals surface area contributed by atoms with Crippen LogP contribution in [-0.4, -0.2) is 37.1 Å². The van der Waals surface area contributed by atoms with Crippen molar-refractivity contribution >= 4 is 15.8 Å². The molecule has 1 aliphatic rings. The van der Waals surface area contributed by atoms with E-state index in [4.69, 9.17) is 9.84 Å².